The summed E-state index contributed by atoms with van der Waals surface area (Å²) < 4.78 is 5.06. The maximum Gasteiger partial charge on any atom is 0.230 e. The van der Waals surface area contributed by atoms with Crippen molar-refractivity contribution < 1.29 is 9.53 Å². The van der Waals surface area contributed by atoms with Crippen LogP contribution in [0.4, 0.5) is 5.69 Å². The largest absolute Gasteiger partial charge is 0.495 e. The van der Waals surface area contributed by atoms with Crippen LogP contribution in [0.1, 0.15) is 10.7 Å². The van der Waals surface area contributed by atoms with E-state index in [1.54, 1.807) is 25.3 Å². The molecule has 0 unspecified atom stereocenters. The summed E-state index contributed by atoms with van der Waals surface area (Å²) in [6, 6.07) is 5.10. The average Bonchev–Trinajstić information content (AvgIpc) is 2.86. The van der Waals surface area contributed by atoms with E-state index in [-0.39, 0.29) is 12.3 Å². The number of nitrogens with one attached hydrogen (secondary N) is 1. The molecular formula is C14H16ClN3O2S. The zero-order valence-electron chi connectivity index (χ0n) is 11.6. The van der Waals surface area contributed by atoms with Crippen LogP contribution in [0, 0.1) is 0 Å². The van der Waals surface area contributed by atoms with E-state index in [9.17, 15) is 4.79 Å². The highest BCUT2D eigenvalue weighted by Gasteiger charge is 2.09. The van der Waals surface area contributed by atoms with Crippen LogP contribution in [0.25, 0.3) is 0 Å². The number of rotatable bonds is 6. The Bertz CT molecular complexity index is 630. The zero-order valence-corrected chi connectivity index (χ0v) is 13.1. The summed E-state index contributed by atoms with van der Waals surface area (Å²) in [5.41, 5.74) is 6.85. The first kappa shape index (κ1) is 15.8. The van der Waals surface area contributed by atoms with E-state index in [4.69, 9.17) is 22.1 Å². The molecule has 0 radical (unpaired) electrons. The molecule has 0 aliphatic carbocycles. The molecule has 1 aromatic heterocycles. The van der Waals surface area contributed by atoms with Crippen LogP contribution < -0.4 is 15.8 Å². The quantitative estimate of drug-likeness (QED) is 0.855. The van der Waals surface area contributed by atoms with Gasteiger partial charge < -0.3 is 15.8 Å². The number of anilines is 1. The number of ether oxygens (including phenoxy) is 1. The summed E-state index contributed by atoms with van der Waals surface area (Å²) in [6.07, 6.45) is 0.963. The molecule has 0 fully saturated rings. The van der Waals surface area contributed by atoms with E-state index in [0.717, 1.165) is 17.1 Å². The van der Waals surface area contributed by atoms with Crippen LogP contribution >= 0.6 is 22.9 Å². The molecule has 1 heterocycles. The van der Waals surface area contributed by atoms with Gasteiger partial charge in [-0.25, -0.2) is 4.98 Å². The smallest absolute Gasteiger partial charge is 0.230 e. The summed E-state index contributed by atoms with van der Waals surface area (Å²) in [5, 5.41) is 6.07. The number of nitrogens with zero attached hydrogens (tertiary/aromatic N) is 1. The van der Waals surface area contributed by atoms with Gasteiger partial charge in [0, 0.05) is 17.5 Å². The highest BCUT2D eigenvalue weighted by molar-refractivity contribution is 7.09. The summed E-state index contributed by atoms with van der Waals surface area (Å²) in [4.78, 5) is 16.3. The van der Waals surface area contributed by atoms with Gasteiger partial charge >= 0.3 is 0 Å². The Labute approximate surface area is 132 Å². The van der Waals surface area contributed by atoms with Gasteiger partial charge in [0.1, 0.15) is 5.75 Å². The first-order chi connectivity index (χ1) is 10.1. The Morgan fingerprint density at radius 3 is 3.00 bits per heavy atom. The van der Waals surface area contributed by atoms with Crippen molar-refractivity contribution in [1.29, 1.82) is 0 Å². The van der Waals surface area contributed by atoms with Gasteiger partial charge in [0.15, 0.2) is 0 Å². The molecule has 0 spiro atoms. The average molecular weight is 326 g/mol. The van der Waals surface area contributed by atoms with E-state index in [0.29, 0.717) is 23.0 Å². The van der Waals surface area contributed by atoms with Crippen LogP contribution in [0.15, 0.2) is 23.6 Å². The van der Waals surface area contributed by atoms with E-state index in [2.05, 4.69) is 10.3 Å². The maximum atomic E-state index is 12.0. The first-order valence-corrected chi connectivity index (χ1v) is 7.65. The fourth-order valence-corrected chi connectivity index (χ4v) is 2.85. The molecule has 2 rings (SSSR count). The molecule has 1 aromatic carbocycles. The third-order valence-electron chi connectivity index (χ3n) is 2.73. The summed E-state index contributed by atoms with van der Waals surface area (Å²) in [7, 11) is 1.54. The summed E-state index contributed by atoms with van der Waals surface area (Å²) in [6.45, 7) is 0.559. The summed E-state index contributed by atoms with van der Waals surface area (Å²) in [5.74, 6) is 0.432. The van der Waals surface area contributed by atoms with Crippen LogP contribution in [0.2, 0.25) is 5.02 Å². The third kappa shape index (κ3) is 4.42. The van der Waals surface area contributed by atoms with Gasteiger partial charge in [-0.15, -0.1) is 11.3 Å². The number of hydrogen-bond acceptors (Lipinski definition) is 5. The molecule has 1 amide bonds. The van der Waals surface area contributed by atoms with Gasteiger partial charge in [-0.3, -0.25) is 4.79 Å². The van der Waals surface area contributed by atoms with Gasteiger partial charge in [0.2, 0.25) is 5.91 Å². The second-order valence-corrected chi connectivity index (χ2v) is 5.70. The number of benzene rings is 1. The standard InChI is InChI=1S/C14H16ClN3O2S/c1-20-12-3-2-9(6-11(12)15)17-13(19)7-10-8-21-14(18-10)4-5-16/h2-3,6,8H,4-5,7,16H2,1H3,(H,17,19). The molecule has 21 heavy (non-hydrogen) atoms. The monoisotopic (exact) mass is 325 g/mol. The van der Waals surface area contributed by atoms with Crippen molar-refractivity contribution in [3.8, 4) is 5.75 Å². The topological polar surface area (TPSA) is 77.2 Å². The third-order valence-corrected chi connectivity index (χ3v) is 3.99. The molecule has 0 saturated carbocycles. The Morgan fingerprint density at radius 2 is 2.33 bits per heavy atom. The molecule has 0 aliphatic heterocycles. The van der Waals surface area contributed by atoms with Gasteiger partial charge in [0.25, 0.3) is 0 Å². The molecule has 3 N–H and O–H groups in total. The number of carbonyl (C=O) groups excluding carboxylic acids is 1. The predicted octanol–water partition coefficient (Wildman–Crippen LogP) is 2.49. The van der Waals surface area contributed by atoms with E-state index < -0.39 is 0 Å². The fourth-order valence-electron chi connectivity index (χ4n) is 1.78. The first-order valence-electron chi connectivity index (χ1n) is 6.39. The molecule has 0 bridgehead atoms. The van der Waals surface area contributed by atoms with Gasteiger partial charge in [-0.05, 0) is 24.7 Å². The normalized spacial score (nSPS) is 10.4. The van der Waals surface area contributed by atoms with Gasteiger partial charge in [0.05, 0.1) is 29.3 Å². The number of amides is 1. The highest BCUT2D eigenvalue weighted by Crippen LogP contribution is 2.27. The van der Waals surface area contributed by atoms with E-state index in [1.165, 1.54) is 11.3 Å². The van der Waals surface area contributed by atoms with E-state index in [1.807, 2.05) is 5.38 Å². The molecular weight excluding hydrogens is 310 g/mol. The lowest BCUT2D eigenvalue weighted by atomic mass is 10.2. The van der Waals surface area contributed by atoms with Crippen LogP contribution in [-0.4, -0.2) is 24.5 Å². The Balaban J connectivity index is 1.96. The SMILES string of the molecule is COc1ccc(NC(=O)Cc2csc(CCN)n2)cc1Cl. The molecule has 0 atom stereocenters. The number of nitrogens with two attached hydrogens (primary N) is 1. The van der Waals surface area contributed by atoms with Crippen LogP contribution in [-0.2, 0) is 17.6 Å². The minimum absolute atomic E-state index is 0.138. The van der Waals surface area contributed by atoms with Crippen molar-refractivity contribution in [3.63, 3.8) is 0 Å². The lowest BCUT2D eigenvalue weighted by Gasteiger charge is -2.07. The number of halogens is 1. The van der Waals surface area contributed by atoms with Gasteiger partial charge in [-0.2, -0.15) is 0 Å². The molecule has 2 aromatic rings. The van der Waals surface area contributed by atoms with Crippen LogP contribution in [0.3, 0.4) is 0 Å². The Morgan fingerprint density at radius 1 is 1.52 bits per heavy atom. The molecule has 0 aliphatic rings. The van der Waals surface area contributed by atoms with Crippen molar-refractivity contribution in [2.24, 2.45) is 5.73 Å². The molecule has 112 valence electrons. The second kappa shape index (κ2) is 7.40. The Hall–Kier alpha value is -1.63. The van der Waals surface area contributed by atoms with E-state index >= 15 is 0 Å². The highest BCUT2D eigenvalue weighted by atomic mass is 35.5. The van der Waals surface area contributed by atoms with Crippen molar-refractivity contribution >= 4 is 34.5 Å². The lowest BCUT2D eigenvalue weighted by molar-refractivity contribution is -0.115. The molecule has 7 heteroatoms. The fraction of sp³-hybridized carbons (Fsp3) is 0.286. The van der Waals surface area contributed by atoms with Crippen LogP contribution in [0.5, 0.6) is 5.75 Å². The number of carbonyl (C=O) groups is 1. The van der Waals surface area contributed by atoms with Crippen molar-refractivity contribution in [2.45, 2.75) is 12.8 Å². The minimum atomic E-state index is -0.138. The Kier molecular flexibility index (Phi) is 5.55. The lowest BCUT2D eigenvalue weighted by Crippen LogP contribution is -2.14. The number of aromatic nitrogens is 1. The van der Waals surface area contributed by atoms with Crippen molar-refractivity contribution in [1.82, 2.24) is 4.98 Å². The second-order valence-electron chi connectivity index (χ2n) is 4.35. The zero-order chi connectivity index (χ0) is 15.2. The maximum absolute atomic E-state index is 12.0. The van der Waals surface area contributed by atoms with Gasteiger partial charge in [-0.1, -0.05) is 11.6 Å². The number of thiazole rings is 1. The van der Waals surface area contributed by atoms with Crippen molar-refractivity contribution in [3.05, 3.63) is 39.3 Å². The number of hydrogen-bond donors (Lipinski definition) is 2. The number of methoxy groups -OCH3 is 1. The van der Waals surface area contributed by atoms with Crippen molar-refractivity contribution in [2.75, 3.05) is 19.0 Å². The molecule has 0 saturated heterocycles. The summed E-state index contributed by atoms with van der Waals surface area (Å²) >= 11 is 7.53. The molecule has 5 nitrogen and oxygen atoms in total. The minimum Gasteiger partial charge on any atom is -0.495 e. The predicted molar refractivity (Wildman–Crippen MR) is 85.2 cm³/mol.